The lowest BCUT2D eigenvalue weighted by molar-refractivity contribution is -0.147. The summed E-state index contributed by atoms with van der Waals surface area (Å²) < 4.78 is 5.06. The van der Waals surface area contributed by atoms with Gasteiger partial charge in [-0.3, -0.25) is 4.79 Å². The molecule has 4 heteroatoms. The monoisotopic (exact) mass is 236 g/mol. The van der Waals surface area contributed by atoms with Crippen LogP contribution in [0, 0.1) is 6.92 Å². The average Bonchev–Trinajstić information content (AvgIpc) is 2.22. The van der Waals surface area contributed by atoms with E-state index in [1.165, 1.54) is 0 Å². The fraction of sp³-hybridized carbons (Fsp3) is 0.538. The number of ether oxygens (including phenoxy) is 1. The van der Waals surface area contributed by atoms with Crippen molar-refractivity contribution in [3.8, 4) is 0 Å². The summed E-state index contributed by atoms with van der Waals surface area (Å²) in [6.07, 6.45) is 3.61. The molecule has 0 bridgehead atoms. The maximum atomic E-state index is 11.3. The number of carbonyl (C=O) groups excluding carboxylic acids is 1. The maximum Gasteiger partial charge on any atom is 0.306 e. The number of aromatic nitrogens is 1. The number of esters is 1. The number of nitrogen functional groups attached to an aromatic ring is 1. The molecule has 0 unspecified atom stereocenters. The van der Waals surface area contributed by atoms with Gasteiger partial charge in [-0.15, -0.1) is 0 Å². The second kappa shape index (κ2) is 6.23. The molecule has 1 aromatic rings. The van der Waals surface area contributed by atoms with Gasteiger partial charge in [0.15, 0.2) is 0 Å². The Morgan fingerprint density at radius 3 is 2.88 bits per heavy atom. The summed E-state index contributed by atoms with van der Waals surface area (Å²) in [5, 5.41) is 0. The standard InChI is InChI=1S/C13H20N2O2/c1-9(2)17-12(16)6-4-5-11-7-10(3)8-15-13(11)14/h7-9H,4-6H2,1-3H3,(H2,14,15). The Kier molecular flexibility index (Phi) is 4.94. The molecular weight excluding hydrogens is 216 g/mol. The molecule has 1 rings (SSSR count). The number of pyridine rings is 1. The molecule has 0 aliphatic carbocycles. The zero-order valence-corrected chi connectivity index (χ0v) is 10.7. The maximum absolute atomic E-state index is 11.3. The number of hydrogen-bond acceptors (Lipinski definition) is 4. The van der Waals surface area contributed by atoms with Gasteiger partial charge in [-0.1, -0.05) is 6.07 Å². The van der Waals surface area contributed by atoms with Crippen LogP contribution in [-0.2, 0) is 16.0 Å². The number of nitrogens with two attached hydrogens (primary N) is 1. The second-order valence-electron chi connectivity index (χ2n) is 4.45. The molecule has 0 aliphatic rings. The normalized spacial score (nSPS) is 10.6. The number of carbonyl (C=O) groups is 1. The summed E-state index contributed by atoms with van der Waals surface area (Å²) in [5.41, 5.74) is 7.84. The van der Waals surface area contributed by atoms with Crippen molar-refractivity contribution in [2.75, 3.05) is 5.73 Å². The van der Waals surface area contributed by atoms with Crippen LogP contribution in [0.25, 0.3) is 0 Å². The summed E-state index contributed by atoms with van der Waals surface area (Å²) >= 11 is 0. The van der Waals surface area contributed by atoms with Gasteiger partial charge in [-0.2, -0.15) is 0 Å². The molecule has 1 heterocycles. The van der Waals surface area contributed by atoms with E-state index < -0.39 is 0 Å². The topological polar surface area (TPSA) is 65.2 Å². The van der Waals surface area contributed by atoms with E-state index in [-0.39, 0.29) is 12.1 Å². The second-order valence-corrected chi connectivity index (χ2v) is 4.45. The van der Waals surface area contributed by atoms with Crippen molar-refractivity contribution in [2.24, 2.45) is 0 Å². The minimum atomic E-state index is -0.154. The van der Waals surface area contributed by atoms with Crippen LogP contribution in [-0.4, -0.2) is 17.1 Å². The molecule has 0 saturated heterocycles. The zero-order chi connectivity index (χ0) is 12.8. The minimum absolute atomic E-state index is 0.0480. The van der Waals surface area contributed by atoms with Gasteiger partial charge in [0.05, 0.1) is 6.10 Å². The van der Waals surface area contributed by atoms with Gasteiger partial charge in [0, 0.05) is 12.6 Å². The molecule has 0 spiro atoms. The molecule has 94 valence electrons. The highest BCUT2D eigenvalue weighted by atomic mass is 16.5. The van der Waals surface area contributed by atoms with Crippen molar-refractivity contribution >= 4 is 11.8 Å². The SMILES string of the molecule is Cc1cnc(N)c(CCCC(=O)OC(C)C)c1. The molecule has 0 aliphatic heterocycles. The van der Waals surface area contributed by atoms with E-state index in [1.807, 2.05) is 26.8 Å². The minimum Gasteiger partial charge on any atom is -0.463 e. The quantitative estimate of drug-likeness (QED) is 0.796. The molecule has 0 aromatic carbocycles. The number of aryl methyl sites for hydroxylation is 2. The zero-order valence-electron chi connectivity index (χ0n) is 10.7. The van der Waals surface area contributed by atoms with Crippen LogP contribution in [0.3, 0.4) is 0 Å². The summed E-state index contributed by atoms with van der Waals surface area (Å²) in [6.45, 7) is 5.67. The van der Waals surface area contributed by atoms with E-state index in [0.717, 1.165) is 24.0 Å². The molecule has 0 saturated carbocycles. The fourth-order valence-corrected chi connectivity index (χ4v) is 1.59. The van der Waals surface area contributed by atoms with Crippen LogP contribution in [0.15, 0.2) is 12.3 Å². The van der Waals surface area contributed by atoms with Gasteiger partial charge in [-0.25, -0.2) is 4.98 Å². The van der Waals surface area contributed by atoms with E-state index in [0.29, 0.717) is 12.2 Å². The highest BCUT2D eigenvalue weighted by molar-refractivity contribution is 5.69. The molecule has 17 heavy (non-hydrogen) atoms. The molecule has 0 fully saturated rings. The first-order chi connectivity index (χ1) is 7.99. The lowest BCUT2D eigenvalue weighted by atomic mass is 10.1. The molecule has 1 aromatic heterocycles. The van der Waals surface area contributed by atoms with Crippen molar-refractivity contribution in [3.63, 3.8) is 0 Å². The van der Waals surface area contributed by atoms with Crippen molar-refractivity contribution < 1.29 is 9.53 Å². The lowest BCUT2D eigenvalue weighted by Crippen LogP contribution is -2.11. The lowest BCUT2D eigenvalue weighted by Gasteiger charge is -2.08. The Balaban J connectivity index is 2.40. The van der Waals surface area contributed by atoms with E-state index >= 15 is 0 Å². The van der Waals surface area contributed by atoms with Gasteiger partial charge in [-0.05, 0) is 44.7 Å². The van der Waals surface area contributed by atoms with Gasteiger partial charge in [0.2, 0.25) is 0 Å². The summed E-state index contributed by atoms with van der Waals surface area (Å²) in [6, 6.07) is 2.01. The van der Waals surface area contributed by atoms with Crippen LogP contribution in [0.1, 0.15) is 37.8 Å². The third kappa shape index (κ3) is 4.85. The number of hydrogen-bond donors (Lipinski definition) is 1. The number of nitrogens with zero attached hydrogens (tertiary/aromatic N) is 1. The van der Waals surface area contributed by atoms with Crippen LogP contribution < -0.4 is 5.73 Å². The number of anilines is 1. The van der Waals surface area contributed by atoms with E-state index in [2.05, 4.69) is 4.98 Å². The fourth-order valence-electron chi connectivity index (χ4n) is 1.59. The third-order valence-corrected chi connectivity index (χ3v) is 2.33. The van der Waals surface area contributed by atoms with Crippen molar-refractivity contribution in [1.29, 1.82) is 0 Å². The van der Waals surface area contributed by atoms with Crippen LogP contribution >= 0.6 is 0 Å². The van der Waals surface area contributed by atoms with Crippen molar-refractivity contribution in [3.05, 3.63) is 23.4 Å². The van der Waals surface area contributed by atoms with Crippen molar-refractivity contribution in [1.82, 2.24) is 4.98 Å². The molecule has 4 nitrogen and oxygen atoms in total. The van der Waals surface area contributed by atoms with E-state index in [1.54, 1.807) is 6.20 Å². The van der Waals surface area contributed by atoms with Crippen LogP contribution in [0.5, 0.6) is 0 Å². The molecule has 2 N–H and O–H groups in total. The Morgan fingerprint density at radius 1 is 1.53 bits per heavy atom. The Labute approximate surface area is 102 Å². The first kappa shape index (κ1) is 13.5. The Morgan fingerprint density at radius 2 is 2.24 bits per heavy atom. The third-order valence-electron chi connectivity index (χ3n) is 2.33. The van der Waals surface area contributed by atoms with E-state index in [4.69, 9.17) is 10.5 Å². The molecular formula is C13H20N2O2. The molecule has 0 amide bonds. The first-order valence-corrected chi connectivity index (χ1v) is 5.89. The highest BCUT2D eigenvalue weighted by Crippen LogP contribution is 2.13. The van der Waals surface area contributed by atoms with Crippen LogP contribution in [0.2, 0.25) is 0 Å². The first-order valence-electron chi connectivity index (χ1n) is 5.89. The average molecular weight is 236 g/mol. The Bertz CT molecular complexity index is 389. The molecule has 0 radical (unpaired) electrons. The highest BCUT2D eigenvalue weighted by Gasteiger charge is 2.07. The van der Waals surface area contributed by atoms with E-state index in [9.17, 15) is 4.79 Å². The van der Waals surface area contributed by atoms with Crippen LogP contribution in [0.4, 0.5) is 5.82 Å². The molecule has 0 atom stereocenters. The van der Waals surface area contributed by atoms with Gasteiger partial charge >= 0.3 is 5.97 Å². The largest absolute Gasteiger partial charge is 0.463 e. The smallest absolute Gasteiger partial charge is 0.306 e. The summed E-state index contributed by atoms with van der Waals surface area (Å²) in [4.78, 5) is 15.4. The number of rotatable bonds is 5. The Hall–Kier alpha value is -1.58. The van der Waals surface area contributed by atoms with Gasteiger partial charge in [0.1, 0.15) is 5.82 Å². The predicted octanol–water partition coefficient (Wildman–Crippen LogP) is 2.25. The van der Waals surface area contributed by atoms with Gasteiger partial charge < -0.3 is 10.5 Å². The summed E-state index contributed by atoms with van der Waals surface area (Å²) in [5.74, 6) is 0.395. The van der Waals surface area contributed by atoms with Crippen molar-refractivity contribution in [2.45, 2.75) is 46.1 Å². The predicted molar refractivity (Wildman–Crippen MR) is 67.6 cm³/mol. The van der Waals surface area contributed by atoms with Gasteiger partial charge in [0.25, 0.3) is 0 Å². The summed E-state index contributed by atoms with van der Waals surface area (Å²) in [7, 11) is 0.